The van der Waals surface area contributed by atoms with Crippen molar-refractivity contribution in [2.45, 2.75) is 50.1 Å². The molecule has 7 rings (SSSR count). The van der Waals surface area contributed by atoms with Crippen LogP contribution in [0, 0.1) is 35.3 Å². The average molecular weight is 648 g/mol. The van der Waals surface area contributed by atoms with Crippen LogP contribution in [0.15, 0.2) is 43.1 Å². The Kier molecular flexibility index (Phi) is 8.18. The highest BCUT2D eigenvalue weighted by molar-refractivity contribution is 6.03. The third-order valence-electron chi connectivity index (χ3n) is 10.2. The fourth-order valence-electron chi connectivity index (χ4n) is 7.89. The van der Waals surface area contributed by atoms with Crippen LogP contribution < -0.4 is 9.64 Å². The van der Waals surface area contributed by atoms with Crippen LogP contribution in [0.4, 0.5) is 14.6 Å². The van der Waals surface area contributed by atoms with E-state index in [2.05, 4.69) is 33.4 Å². The molecule has 5 heterocycles. The molecule has 11 heteroatoms. The Labute approximate surface area is 277 Å². The highest BCUT2D eigenvalue weighted by Gasteiger charge is 2.45. The van der Waals surface area contributed by atoms with E-state index in [4.69, 9.17) is 16.1 Å². The van der Waals surface area contributed by atoms with Crippen molar-refractivity contribution in [2.24, 2.45) is 0 Å². The van der Waals surface area contributed by atoms with E-state index in [0.717, 1.165) is 51.6 Å². The standard InChI is InChI=1S/C37H35F2N7O2/c1-4-26-29(38)11-10-24-17-23(19-40)18-27(31(24)26)33-32(39)34-28(20-41-33)35(44(3)21-25-9-6-16-46(25)30(47)5-2)43-36(42-34)48-22-37-12-7-14-45(37)15-8-13-37/h1,5,10-11,17-18,20,25H,2,6-9,12-16,21-22H2,3H3/t25-/m0/s1. The van der Waals surface area contributed by atoms with Crippen LogP contribution in [0.25, 0.3) is 32.9 Å². The van der Waals surface area contributed by atoms with Crippen LogP contribution >= 0.6 is 0 Å². The van der Waals surface area contributed by atoms with Crippen molar-refractivity contribution in [2.75, 3.05) is 44.7 Å². The van der Waals surface area contributed by atoms with E-state index in [1.54, 1.807) is 11.0 Å². The highest BCUT2D eigenvalue weighted by Crippen LogP contribution is 2.40. The molecule has 9 nitrogen and oxygen atoms in total. The second-order valence-corrected chi connectivity index (χ2v) is 12.9. The van der Waals surface area contributed by atoms with Crippen molar-refractivity contribution in [3.05, 3.63) is 65.9 Å². The summed E-state index contributed by atoms with van der Waals surface area (Å²) >= 11 is 0. The van der Waals surface area contributed by atoms with Gasteiger partial charge in [-0.05, 0) is 81.3 Å². The van der Waals surface area contributed by atoms with E-state index in [1.165, 1.54) is 30.5 Å². The summed E-state index contributed by atoms with van der Waals surface area (Å²) in [7, 11) is 1.84. The molecular weight excluding hydrogens is 612 g/mol. The van der Waals surface area contributed by atoms with Crippen molar-refractivity contribution in [1.29, 1.82) is 5.26 Å². The summed E-state index contributed by atoms with van der Waals surface area (Å²) in [6.07, 6.45) is 14.4. The Morgan fingerprint density at radius 1 is 1.21 bits per heavy atom. The smallest absolute Gasteiger partial charge is 0.319 e. The van der Waals surface area contributed by atoms with Gasteiger partial charge in [-0.3, -0.25) is 14.7 Å². The minimum Gasteiger partial charge on any atom is -0.461 e. The molecule has 2 aromatic heterocycles. The molecule has 3 saturated heterocycles. The molecule has 4 aromatic rings. The number of pyridine rings is 1. The summed E-state index contributed by atoms with van der Waals surface area (Å²) in [4.78, 5) is 32.6. The number of hydrogen-bond donors (Lipinski definition) is 0. The molecule has 244 valence electrons. The maximum absolute atomic E-state index is 16.9. The summed E-state index contributed by atoms with van der Waals surface area (Å²) in [6, 6.07) is 7.82. The lowest BCUT2D eigenvalue weighted by Crippen LogP contribution is -2.43. The summed E-state index contributed by atoms with van der Waals surface area (Å²) in [5.74, 6) is 1.25. The van der Waals surface area contributed by atoms with Gasteiger partial charge < -0.3 is 14.5 Å². The van der Waals surface area contributed by atoms with Gasteiger partial charge in [-0.2, -0.15) is 15.2 Å². The zero-order valence-electron chi connectivity index (χ0n) is 26.8. The van der Waals surface area contributed by atoms with Crippen molar-refractivity contribution in [3.63, 3.8) is 0 Å². The zero-order chi connectivity index (χ0) is 33.6. The first kappa shape index (κ1) is 31.5. The van der Waals surface area contributed by atoms with Gasteiger partial charge in [-0.15, -0.1) is 6.42 Å². The molecule has 0 aliphatic carbocycles. The molecule has 1 amide bonds. The van der Waals surface area contributed by atoms with Crippen LogP contribution in [0.3, 0.4) is 0 Å². The first-order valence-electron chi connectivity index (χ1n) is 16.3. The van der Waals surface area contributed by atoms with Crippen LogP contribution in [-0.4, -0.2) is 82.1 Å². The van der Waals surface area contributed by atoms with Gasteiger partial charge in [0.2, 0.25) is 5.91 Å². The molecule has 0 bridgehead atoms. The lowest BCUT2D eigenvalue weighted by Gasteiger charge is -2.31. The monoisotopic (exact) mass is 647 g/mol. The number of benzene rings is 2. The van der Waals surface area contributed by atoms with Crippen molar-refractivity contribution in [3.8, 4) is 35.7 Å². The molecule has 3 aliphatic heterocycles. The maximum Gasteiger partial charge on any atom is 0.319 e. The van der Waals surface area contributed by atoms with Gasteiger partial charge in [0, 0.05) is 43.3 Å². The van der Waals surface area contributed by atoms with E-state index >= 15 is 4.39 Å². The number of hydrogen-bond acceptors (Lipinski definition) is 8. The third kappa shape index (κ3) is 5.29. The maximum atomic E-state index is 16.9. The van der Waals surface area contributed by atoms with Crippen molar-refractivity contribution < 1.29 is 18.3 Å². The van der Waals surface area contributed by atoms with Crippen LogP contribution in [0.5, 0.6) is 6.01 Å². The Morgan fingerprint density at radius 3 is 2.73 bits per heavy atom. The third-order valence-corrected chi connectivity index (χ3v) is 10.2. The molecule has 0 unspecified atom stereocenters. The second-order valence-electron chi connectivity index (χ2n) is 12.9. The van der Waals surface area contributed by atoms with Crippen LogP contribution in [0.2, 0.25) is 0 Å². The van der Waals surface area contributed by atoms with Gasteiger partial charge in [0.1, 0.15) is 29.5 Å². The predicted molar refractivity (Wildman–Crippen MR) is 179 cm³/mol. The number of nitriles is 1. The van der Waals surface area contributed by atoms with Gasteiger partial charge >= 0.3 is 6.01 Å². The molecule has 2 aromatic carbocycles. The molecule has 0 spiro atoms. The van der Waals surface area contributed by atoms with Crippen LogP contribution in [0.1, 0.15) is 49.7 Å². The number of carbonyl (C=O) groups excluding carboxylic acids is 1. The van der Waals surface area contributed by atoms with Gasteiger partial charge in [0.25, 0.3) is 0 Å². The Balaban J connectivity index is 1.36. The Hall–Kier alpha value is -5.13. The van der Waals surface area contributed by atoms with E-state index in [9.17, 15) is 14.4 Å². The lowest BCUT2D eigenvalue weighted by molar-refractivity contribution is -0.126. The fraction of sp³-hybridized carbons (Fsp3) is 0.378. The number of likely N-dealkylation sites (N-methyl/N-ethyl adjacent to an activating group) is 1. The SMILES string of the molecule is C#Cc1c(F)ccc2cc(C#N)cc(-c3ncc4c(N(C)C[C@@H]5CCCN5C(=O)C=C)nc(OCC56CCCN5CCC6)nc4c3F)c12. The summed E-state index contributed by atoms with van der Waals surface area (Å²) < 4.78 is 38.2. The number of halogens is 2. The van der Waals surface area contributed by atoms with Gasteiger partial charge in [-0.25, -0.2) is 8.78 Å². The number of nitrogens with zero attached hydrogens (tertiary/aromatic N) is 7. The number of terminal acetylenes is 1. The number of rotatable bonds is 8. The predicted octanol–water partition coefficient (Wildman–Crippen LogP) is 5.60. The summed E-state index contributed by atoms with van der Waals surface area (Å²) in [5.41, 5.74) is 0.134. The van der Waals surface area contributed by atoms with E-state index in [0.29, 0.717) is 36.3 Å². The largest absolute Gasteiger partial charge is 0.461 e. The molecule has 0 radical (unpaired) electrons. The number of fused-ring (bicyclic) bond motifs is 3. The number of amides is 1. The topological polar surface area (TPSA) is 98.5 Å². The number of likely N-dealkylation sites (tertiary alicyclic amines) is 1. The Morgan fingerprint density at radius 2 is 2.00 bits per heavy atom. The fourth-order valence-corrected chi connectivity index (χ4v) is 7.89. The highest BCUT2D eigenvalue weighted by atomic mass is 19.1. The van der Waals surface area contributed by atoms with E-state index < -0.39 is 11.6 Å². The first-order chi connectivity index (χ1) is 23.3. The summed E-state index contributed by atoms with van der Waals surface area (Å²) in [5, 5.41) is 10.9. The zero-order valence-corrected chi connectivity index (χ0v) is 26.8. The second kappa shape index (κ2) is 12.5. The number of carbonyl (C=O) groups is 1. The van der Waals surface area contributed by atoms with Crippen molar-refractivity contribution in [1.82, 2.24) is 24.8 Å². The molecule has 0 saturated carbocycles. The molecule has 3 fully saturated rings. The first-order valence-corrected chi connectivity index (χ1v) is 16.3. The minimum absolute atomic E-state index is 0.0290. The minimum atomic E-state index is -0.774. The molecule has 3 aliphatic rings. The van der Waals surface area contributed by atoms with Gasteiger partial charge in [0.05, 0.1) is 28.1 Å². The van der Waals surface area contributed by atoms with Crippen molar-refractivity contribution >= 4 is 33.4 Å². The van der Waals surface area contributed by atoms with E-state index in [1.807, 2.05) is 11.9 Å². The number of ether oxygens (including phenoxy) is 1. The quantitative estimate of drug-likeness (QED) is 0.180. The molecular formula is C37H35F2N7O2. The van der Waals surface area contributed by atoms with Gasteiger partial charge in [0.15, 0.2) is 5.82 Å². The lowest BCUT2D eigenvalue weighted by atomic mass is 9.94. The van der Waals surface area contributed by atoms with Gasteiger partial charge in [-0.1, -0.05) is 18.6 Å². The molecule has 1 atom stereocenters. The summed E-state index contributed by atoms with van der Waals surface area (Å²) in [6.45, 7) is 7.15. The number of anilines is 1. The molecule has 48 heavy (non-hydrogen) atoms. The Bertz CT molecular complexity index is 2040. The normalized spacial score (nSPS) is 18.5. The van der Waals surface area contributed by atoms with E-state index in [-0.39, 0.29) is 56.8 Å². The average Bonchev–Trinajstić information content (AvgIpc) is 3.83. The molecule has 0 N–H and O–H groups in total. The number of aromatic nitrogens is 3. The van der Waals surface area contributed by atoms with Crippen LogP contribution in [-0.2, 0) is 4.79 Å².